The van der Waals surface area contributed by atoms with Crippen LogP contribution in [0.2, 0.25) is 10.0 Å². The molecule has 1 aliphatic rings. The zero-order chi connectivity index (χ0) is 15.1. The Bertz CT molecular complexity index is 776. The van der Waals surface area contributed by atoms with E-state index in [-0.39, 0.29) is 27.3 Å². The smallest absolute Gasteiger partial charge is 0.232 e. The number of halogens is 3. The highest BCUT2D eigenvalue weighted by Crippen LogP contribution is 2.36. The lowest BCUT2D eigenvalue weighted by Gasteiger charge is -2.03. The summed E-state index contributed by atoms with van der Waals surface area (Å²) in [4.78, 5) is 12.3. The number of benzene rings is 2. The Labute approximate surface area is 138 Å². The van der Waals surface area contributed by atoms with Gasteiger partial charge in [0.05, 0.1) is 15.6 Å². The summed E-state index contributed by atoms with van der Waals surface area (Å²) in [5, 5.41) is 9.75. The lowest BCUT2D eigenvalue weighted by Crippen LogP contribution is -1.98. The van der Waals surface area contributed by atoms with Crippen molar-refractivity contribution in [1.29, 1.82) is 0 Å². The van der Waals surface area contributed by atoms with Crippen molar-refractivity contribution in [1.82, 2.24) is 0 Å². The molecule has 1 N–H and O–H groups in total. The number of ketones is 1. The zero-order valence-electron chi connectivity index (χ0n) is 10.4. The predicted molar refractivity (Wildman–Crippen MR) is 85.2 cm³/mol. The number of fused-ring (bicyclic) bond motifs is 1. The lowest BCUT2D eigenvalue weighted by molar-refractivity contribution is 0.101. The number of Topliss-reactive ketones (excluding diaryl/α,β-unsaturated/α-hetero) is 1. The van der Waals surface area contributed by atoms with E-state index >= 15 is 0 Å². The first kappa shape index (κ1) is 14.4. The van der Waals surface area contributed by atoms with Crippen LogP contribution in [0.5, 0.6) is 11.5 Å². The third-order valence-electron chi connectivity index (χ3n) is 2.97. The largest absolute Gasteiger partial charge is 0.505 e. The minimum atomic E-state index is -0.216. The highest BCUT2D eigenvalue weighted by atomic mass is 79.9. The number of phenolic OH excluding ortho intramolecular Hbond substituents is 1. The SMILES string of the molecule is O=C1C(=Cc2cc(Cl)c(O)c(Cl)c2)Oc2ccc(Br)cc21. The number of carbonyl (C=O) groups is 1. The van der Waals surface area contributed by atoms with Gasteiger partial charge in [-0.2, -0.15) is 0 Å². The summed E-state index contributed by atoms with van der Waals surface area (Å²) in [5.74, 6) is 0.282. The van der Waals surface area contributed by atoms with Crippen LogP contribution in [-0.2, 0) is 0 Å². The number of ether oxygens (including phenoxy) is 1. The van der Waals surface area contributed by atoms with Gasteiger partial charge in [0.1, 0.15) is 5.75 Å². The third-order valence-corrected chi connectivity index (χ3v) is 4.04. The fraction of sp³-hybridized carbons (Fsp3) is 0. The third kappa shape index (κ3) is 2.67. The van der Waals surface area contributed by atoms with Crippen LogP contribution >= 0.6 is 39.1 Å². The van der Waals surface area contributed by atoms with Crippen LogP contribution < -0.4 is 4.74 Å². The van der Waals surface area contributed by atoms with Crippen LogP contribution in [-0.4, -0.2) is 10.9 Å². The lowest BCUT2D eigenvalue weighted by atomic mass is 10.1. The molecule has 0 radical (unpaired) electrons. The number of phenols is 1. The van der Waals surface area contributed by atoms with Gasteiger partial charge in [0.2, 0.25) is 5.78 Å². The Kier molecular flexibility index (Phi) is 3.69. The molecule has 0 atom stereocenters. The summed E-state index contributed by atoms with van der Waals surface area (Å²) in [6, 6.07) is 8.23. The first-order chi connectivity index (χ1) is 9.95. The van der Waals surface area contributed by atoms with Gasteiger partial charge in [-0.15, -0.1) is 0 Å². The van der Waals surface area contributed by atoms with E-state index < -0.39 is 0 Å². The van der Waals surface area contributed by atoms with Gasteiger partial charge >= 0.3 is 0 Å². The average Bonchev–Trinajstić information content (AvgIpc) is 2.73. The summed E-state index contributed by atoms with van der Waals surface area (Å²) in [5.41, 5.74) is 1.06. The highest BCUT2D eigenvalue weighted by molar-refractivity contribution is 9.10. The molecular weight excluding hydrogens is 379 g/mol. The van der Waals surface area contributed by atoms with Crippen molar-refractivity contribution in [3.05, 3.63) is 61.7 Å². The van der Waals surface area contributed by atoms with Crippen molar-refractivity contribution in [3.63, 3.8) is 0 Å². The van der Waals surface area contributed by atoms with Gasteiger partial charge in [-0.1, -0.05) is 39.1 Å². The molecule has 0 saturated heterocycles. The second-order valence-electron chi connectivity index (χ2n) is 4.41. The maximum atomic E-state index is 12.3. The minimum Gasteiger partial charge on any atom is -0.505 e. The molecule has 1 aliphatic heterocycles. The van der Waals surface area contributed by atoms with E-state index in [0.29, 0.717) is 16.9 Å². The van der Waals surface area contributed by atoms with Gasteiger partial charge in [-0.05, 0) is 42.0 Å². The first-order valence-corrected chi connectivity index (χ1v) is 7.42. The van der Waals surface area contributed by atoms with Crippen LogP contribution in [0.25, 0.3) is 6.08 Å². The van der Waals surface area contributed by atoms with Gasteiger partial charge in [0, 0.05) is 4.47 Å². The summed E-state index contributed by atoms with van der Waals surface area (Å²) in [7, 11) is 0. The Morgan fingerprint density at radius 3 is 2.48 bits per heavy atom. The second kappa shape index (κ2) is 5.37. The summed E-state index contributed by atoms with van der Waals surface area (Å²) in [6.07, 6.45) is 1.54. The number of rotatable bonds is 1. The molecule has 0 aromatic heterocycles. The van der Waals surface area contributed by atoms with Crippen LogP contribution in [0.4, 0.5) is 0 Å². The van der Waals surface area contributed by atoms with Crippen molar-refractivity contribution >= 4 is 51.0 Å². The quantitative estimate of drug-likeness (QED) is 0.696. The molecule has 6 heteroatoms. The maximum absolute atomic E-state index is 12.3. The monoisotopic (exact) mass is 384 g/mol. The molecule has 0 aliphatic carbocycles. The number of aromatic hydroxyl groups is 1. The van der Waals surface area contributed by atoms with Gasteiger partial charge < -0.3 is 9.84 Å². The molecule has 0 amide bonds. The molecule has 0 bridgehead atoms. The Balaban J connectivity index is 2.02. The summed E-state index contributed by atoms with van der Waals surface area (Å²) in [6.45, 7) is 0. The van der Waals surface area contributed by atoms with Crippen LogP contribution in [0.1, 0.15) is 15.9 Å². The van der Waals surface area contributed by atoms with E-state index in [2.05, 4.69) is 15.9 Å². The molecule has 2 aromatic carbocycles. The second-order valence-corrected chi connectivity index (χ2v) is 6.14. The number of hydrogen-bond acceptors (Lipinski definition) is 3. The van der Waals surface area contributed by atoms with Gasteiger partial charge in [-0.3, -0.25) is 4.79 Å². The molecule has 2 aromatic rings. The minimum absolute atomic E-state index is 0.111. The molecule has 3 rings (SSSR count). The fourth-order valence-corrected chi connectivity index (χ4v) is 2.85. The average molecular weight is 386 g/mol. The molecule has 0 spiro atoms. The standard InChI is InChI=1S/C15H7BrCl2O3/c16-8-1-2-12-9(6-8)14(19)13(21-12)5-7-3-10(17)15(20)11(18)4-7/h1-6,20H. The van der Waals surface area contributed by atoms with E-state index in [1.54, 1.807) is 18.2 Å². The van der Waals surface area contributed by atoms with Crippen molar-refractivity contribution in [3.8, 4) is 11.5 Å². The molecule has 3 nitrogen and oxygen atoms in total. The van der Waals surface area contributed by atoms with E-state index in [1.165, 1.54) is 18.2 Å². The molecule has 21 heavy (non-hydrogen) atoms. The number of allylic oxidation sites excluding steroid dienone is 1. The van der Waals surface area contributed by atoms with Crippen molar-refractivity contribution in [2.45, 2.75) is 0 Å². The fourth-order valence-electron chi connectivity index (χ4n) is 1.98. The van der Waals surface area contributed by atoms with E-state index in [9.17, 15) is 9.90 Å². The van der Waals surface area contributed by atoms with E-state index in [1.807, 2.05) is 0 Å². The Morgan fingerprint density at radius 2 is 1.81 bits per heavy atom. The Hall–Kier alpha value is -1.49. The predicted octanol–water partition coefficient (Wildman–Crippen LogP) is 5.08. The van der Waals surface area contributed by atoms with Gasteiger partial charge in [-0.25, -0.2) is 0 Å². The van der Waals surface area contributed by atoms with Crippen LogP contribution in [0, 0.1) is 0 Å². The topological polar surface area (TPSA) is 46.5 Å². The molecule has 0 unspecified atom stereocenters. The van der Waals surface area contributed by atoms with Gasteiger partial charge in [0.15, 0.2) is 11.5 Å². The van der Waals surface area contributed by atoms with E-state index in [4.69, 9.17) is 27.9 Å². The molecule has 0 fully saturated rings. The number of hydrogen-bond donors (Lipinski definition) is 1. The van der Waals surface area contributed by atoms with Gasteiger partial charge in [0.25, 0.3) is 0 Å². The zero-order valence-corrected chi connectivity index (χ0v) is 13.5. The molecular formula is C15H7BrCl2O3. The maximum Gasteiger partial charge on any atom is 0.232 e. The number of carbonyl (C=O) groups excluding carboxylic acids is 1. The van der Waals surface area contributed by atoms with Crippen LogP contribution in [0.15, 0.2) is 40.6 Å². The summed E-state index contributed by atoms with van der Waals surface area (Å²) < 4.78 is 6.33. The highest BCUT2D eigenvalue weighted by Gasteiger charge is 2.27. The molecule has 0 saturated carbocycles. The normalized spacial score (nSPS) is 15.2. The van der Waals surface area contributed by atoms with Crippen molar-refractivity contribution in [2.24, 2.45) is 0 Å². The van der Waals surface area contributed by atoms with Crippen molar-refractivity contribution in [2.75, 3.05) is 0 Å². The first-order valence-electron chi connectivity index (χ1n) is 5.87. The molecule has 106 valence electrons. The molecule has 1 heterocycles. The van der Waals surface area contributed by atoms with Crippen molar-refractivity contribution < 1.29 is 14.6 Å². The van der Waals surface area contributed by atoms with E-state index in [0.717, 1.165) is 4.47 Å². The summed E-state index contributed by atoms with van der Waals surface area (Å²) >= 11 is 15.0. The Morgan fingerprint density at radius 1 is 1.14 bits per heavy atom. The van der Waals surface area contributed by atoms with Crippen LogP contribution in [0.3, 0.4) is 0 Å².